The van der Waals surface area contributed by atoms with E-state index in [1.165, 1.54) is 19.3 Å². The van der Waals surface area contributed by atoms with Crippen molar-refractivity contribution in [3.63, 3.8) is 0 Å². The topological polar surface area (TPSA) is 55.1 Å². The molecule has 1 amide bonds. The van der Waals surface area contributed by atoms with Gasteiger partial charge in [0.15, 0.2) is 0 Å². The minimum Gasteiger partial charge on any atom is -0.353 e. The number of hydrogen-bond donors (Lipinski definition) is 2. The van der Waals surface area contributed by atoms with Crippen LogP contribution in [0.3, 0.4) is 0 Å². The molecule has 3 nitrogen and oxygen atoms in total. The summed E-state index contributed by atoms with van der Waals surface area (Å²) in [5.74, 6) is 0.490. The Morgan fingerprint density at radius 2 is 1.78 bits per heavy atom. The molecule has 1 atom stereocenters. The molecule has 0 bridgehead atoms. The van der Waals surface area contributed by atoms with Crippen molar-refractivity contribution in [1.82, 2.24) is 5.32 Å². The highest BCUT2D eigenvalue weighted by Gasteiger charge is 2.35. The zero-order valence-electron chi connectivity index (χ0n) is 11.9. The highest BCUT2D eigenvalue weighted by molar-refractivity contribution is 5.79. The third-order valence-corrected chi connectivity index (χ3v) is 4.97. The number of amides is 1. The molecular formula is C15H28N2O. The van der Waals surface area contributed by atoms with Crippen LogP contribution in [0.2, 0.25) is 0 Å². The van der Waals surface area contributed by atoms with Crippen molar-refractivity contribution in [1.29, 1.82) is 0 Å². The summed E-state index contributed by atoms with van der Waals surface area (Å²) in [7, 11) is 0. The standard InChI is InChI=1S/C15H28N2O/c1-15(2)10-4-3-5-13(15)17-14(18)11-6-8-12(16)9-7-11/h11-13H,3-10,16H2,1-2H3,(H,17,18). The Balaban J connectivity index is 1.86. The first-order valence-corrected chi connectivity index (χ1v) is 7.55. The van der Waals surface area contributed by atoms with E-state index in [2.05, 4.69) is 19.2 Å². The zero-order valence-corrected chi connectivity index (χ0v) is 11.9. The summed E-state index contributed by atoms with van der Waals surface area (Å²) in [5.41, 5.74) is 6.16. The Kier molecular flexibility index (Phi) is 4.31. The number of hydrogen-bond acceptors (Lipinski definition) is 2. The highest BCUT2D eigenvalue weighted by Crippen LogP contribution is 2.36. The van der Waals surface area contributed by atoms with Gasteiger partial charge in [-0.3, -0.25) is 4.79 Å². The fourth-order valence-electron chi connectivity index (χ4n) is 3.43. The quantitative estimate of drug-likeness (QED) is 0.793. The maximum absolute atomic E-state index is 12.3. The molecule has 0 aromatic carbocycles. The van der Waals surface area contributed by atoms with Gasteiger partial charge in [-0.2, -0.15) is 0 Å². The Bertz CT molecular complexity index is 293. The lowest BCUT2D eigenvalue weighted by molar-refractivity contribution is -0.128. The maximum Gasteiger partial charge on any atom is 0.223 e. The van der Waals surface area contributed by atoms with Crippen LogP contribution in [0.25, 0.3) is 0 Å². The number of carbonyl (C=O) groups excluding carboxylic acids is 1. The molecule has 2 rings (SSSR count). The zero-order chi connectivity index (χ0) is 13.2. The average molecular weight is 252 g/mol. The number of rotatable bonds is 2. The van der Waals surface area contributed by atoms with Gasteiger partial charge in [-0.05, 0) is 43.9 Å². The van der Waals surface area contributed by atoms with E-state index in [9.17, 15) is 4.79 Å². The van der Waals surface area contributed by atoms with E-state index < -0.39 is 0 Å². The van der Waals surface area contributed by atoms with Gasteiger partial charge in [-0.15, -0.1) is 0 Å². The second-order valence-corrected chi connectivity index (χ2v) is 6.91. The first-order chi connectivity index (χ1) is 8.49. The first kappa shape index (κ1) is 13.9. The SMILES string of the molecule is CC1(C)CCCCC1NC(=O)C1CCC(N)CC1. The fourth-order valence-corrected chi connectivity index (χ4v) is 3.43. The van der Waals surface area contributed by atoms with Crippen molar-refractivity contribution in [3.05, 3.63) is 0 Å². The lowest BCUT2D eigenvalue weighted by Crippen LogP contribution is -2.49. The van der Waals surface area contributed by atoms with E-state index in [1.54, 1.807) is 0 Å². The summed E-state index contributed by atoms with van der Waals surface area (Å²) >= 11 is 0. The Morgan fingerprint density at radius 1 is 1.11 bits per heavy atom. The largest absolute Gasteiger partial charge is 0.353 e. The van der Waals surface area contributed by atoms with Crippen molar-refractivity contribution in [3.8, 4) is 0 Å². The van der Waals surface area contributed by atoms with Crippen LogP contribution in [-0.4, -0.2) is 18.0 Å². The van der Waals surface area contributed by atoms with Crippen LogP contribution in [0.5, 0.6) is 0 Å². The molecular weight excluding hydrogens is 224 g/mol. The van der Waals surface area contributed by atoms with E-state index in [1.807, 2.05) is 0 Å². The summed E-state index contributed by atoms with van der Waals surface area (Å²) in [5, 5.41) is 3.31. The van der Waals surface area contributed by atoms with Crippen molar-refractivity contribution in [2.24, 2.45) is 17.1 Å². The summed E-state index contributed by atoms with van der Waals surface area (Å²) in [4.78, 5) is 12.3. The maximum atomic E-state index is 12.3. The smallest absolute Gasteiger partial charge is 0.223 e. The molecule has 3 N–H and O–H groups in total. The van der Waals surface area contributed by atoms with Gasteiger partial charge in [-0.1, -0.05) is 26.7 Å². The van der Waals surface area contributed by atoms with Crippen molar-refractivity contribution < 1.29 is 4.79 Å². The van der Waals surface area contributed by atoms with Crippen LogP contribution in [0, 0.1) is 11.3 Å². The van der Waals surface area contributed by atoms with Crippen molar-refractivity contribution in [2.45, 2.75) is 77.3 Å². The molecule has 3 heteroatoms. The van der Waals surface area contributed by atoms with Gasteiger partial charge in [0.25, 0.3) is 0 Å². The number of nitrogens with one attached hydrogen (secondary N) is 1. The first-order valence-electron chi connectivity index (χ1n) is 7.55. The second kappa shape index (κ2) is 5.60. The average Bonchev–Trinajstić information content (AvgIpc) is 2.32. The van der Waals surface area contributed by atoms with E-state index in [4.69, 9.17) is 5.73 Å². The molecule has 2 fully saturated rings. The number of nitrogens with two attached hydrogens (primary N) is 1. The van der Waals surface area contributed by atoms with Gasteiger partial charge < -0.3 is 11.1 Å². The minimum atomic E-state index is 0.211. The van der Waals surface area contributed by atoms with Gasteiger partial charge in [0, 0.05) is 18.0 Å². The number of carbonyl (C=O) groups is 1. The molecule has 104 valence electrons. The van der Waals surface area contributed by atoms with Crippen molar-refractivity contribution >= 4 is 5.91 Å². The molecule has 0 spiro atoms. The summed E-state index contributed by atoms with van der Waals surface area (Å²) in [6.45, 7) is 4.57. The third kappa shape index (κ3) is 3.25. The molecule has 1 unspecified atom stereocenters. The van der Waals surface area contributed by atoms with Crippen LogP contribution >= 0.6 is 0 Å². The van der Waals surface area contributed by atoms with Gasteiger partial charge in [0.1, 0.15) is 0 Å². The molecule has 0 radical (unpaired) electrons. The Morgan fingerprint density at radius 3 is 2.39 bits per heavy atom. The van der Waals surface area contributed by atoms with Crippen LogP contribution in [0.15, 0.2) is 0 Å². The van der Waals surface area contributed by atoms with Crippen LogP contribution in [0.4, 0.5) is 0 Å². The Hall–Kier alpha value is -0.570. The Labute approximate surface area is 111 Å². The van der Waals surface area contributed by atoms with E-state index in [0.717, 1.165) is 32.1 Å². The lowest BCUT2D eigenvalue weighted by atomic mass is 9.73. The fraction of sp³-hybridized carbons (Fsp3) is 0.933. The van der Waals surface area contributed by atoms with E-state index in [0.29, 0.717) is 12.1 Å². The molecule has 0 saturated heterocycles. The molecule has 0 heterocycles. The van der Waals surface area contributed by atoms with E-state index >= 15 is 0 Å². The normalized spacial score (nSPS) is 36.1. The van der Waals surface area contributed by atoms with Gasteiger partial charge in [-0.25, -0.2) is 0 Å². The minimum absolute atomic E-state index is 0.211. The summed E-state index contributed by atoms with van der Waals surface area (Å²) in [6, 6.07) is 0.689. The lowest BCUT2D eigenvalue weighted by Gasteiger charge is -2.40. The molecule has 2 saturated carbocycles. The summed E-state index contributed by atoms with van der Waals surface area (Å²) < 4.78 is 0. The molecule has 0 aromatic rings. The van der Waals surface area contributed by atoms with Gasteiger partial charge in [0.2, 0.25) is 5.91 Å². The molecule has 2 aliphatic carbocycles. The monoisotopic (exact) mass is 252 g/mol. The van der Waals surface area contributed by atoms with Crippen molar-refractivity contribution in [2.75, 3.05) is 0 Å². The van der Waals surface area contributed by atoms with Crippen LogP contribution < -0.4 is 11.1 Å². The highest BCUT2D eigenvalue weighted by atomic mass is 16.1. The predicted octanol–water partition coefficient (Wildman–Crippen LogP) is 2.59. The second-order valence-electron chi connectivity index (χ2n) is 6.91. The van der Waals surface area contributed by atoms with Crippen LogP contribution in [0.1, 0.15) is 65.2 Å². The third-order valence-electron chi connectivity index (χ3n) is 4.97. The molecule has 0 aliphatic heterocycles. The van der Waals surface area contributed by atoms with Crippen LogP contribution in [-0.2, 0) is 4.79 Å². The molecule has 2 aliphatic rings. The van der Waals surface area contributed by atoms with E-state index in [-0.39, 0.29) is 17.2 Å². The summed E-state index contributed by atoms with van der Waals surface area (Å²) in [6.07, 6.45) is 8.89. The molecule has 18 heavy (non-hydrogen) atoms. The van der Waals surface area contributed by atoms with Gasteiger partial charge in [0.05, 0.1) is 0 Å². The molecule has 0 aromatic heterocycles. The predicted molar refractivity (Wildman–Crippen MR) is 74.1 cm³/mol. The van der Waals surface area contributed by atoms with Gasteiger partial charge >= 0.3 is 0 Å².